The van der Waals surface area contributed by atoms with Gasteiger partial charge in [0.15, 0.2) is 0 Å². The monoisotopic (exact) mass is 282 g/mol. The molecule has 0 saturated carbocycles. The molecule has 0 amide bonds. The van der Waals surface area contributed by atoms with Gasteiger partial charge in [0.25, 0.3) is 0 Å². The minimum atomic E-state index is -0.655. The zero-order chi connectivity index (χ0) is 14.5. The zero-order valence-electron chi connectivity index (χ0n) is 11.6. The highest BCUT2D eigenvalue weighted by atomic mass is 16.5. The third-order valence-corrected chi connectivity index (χ3v) is 3.51. The molecule has 0 bridgehead atoms. The Balaban J connectivity index is 1.78. The van der Waals surface area contributed by atoms with Gasteiger partial charge in [-0.05, 0) is 12.5 Å². The van der Waals surface area contributed by atoms with Crippen LogP contribution in [0.2, 0.25) is 0 Å². The molecule has 7 nitrogen and oxygen atoms in total. The fourth-order valence-corrected chi connectivity index (χ4v) is 2.35. The molecule has 2 fully saturated rings. The summed E-state index contributed by atoms with van der Waals surface area (Å²) in [5, 5.41) is 29.2. The van der Waals surface area contributed by atoms with Gasteiger partial charge >= 0.3 is 0 Å². The minimum absolute atomic E-state index is 0.179. The minimum Gasteiger partial charge on any atom is -0.394 e. The number of hydrogen-bond acceptors (Lipinski definition) is 5. The smallest absolute Gasteiger partial charge is 0.147 e. The van der Waals surface area contributed by atoms with Crippen molar-refractivity contribution in [3.63, 3.8) is 0 Å². The number of aliphatic imine (C=N–C) groups is 1. The first-order chi connectivity index (χ1) is 9.60. The number of nitrogens with zero attached hydrogens (tertiary/aromatic N) is 2. The molecule has 2 heterocycles. The van der Waals surface area contributed by atoms with Gasteiger partial charge in [0, 0.05) is 32.6 Å². The quantitative estimate of drug-likeness (QED) is 0.417. The molecular weight excluding hydrogens is 260 g/mol. The van der Waals surface area contributed by atoms with Crippen LogP contribution in [0.1, 0.15) is 19.3 Å². The molecule has 2 aliphatic rings. The van der Waals surface area contributed by atoms with E-state index in [-0.39, 0.29) is 18.7 Å². The lowest BCUT2D eigenvalue weighted by atomic mass is 10.2. The second-order valence-electron chi connectivity index (χ2n) is 5.09. The molecule has 2 aliphatic heterocycles. The Morgan fingerprint density at radius 1 is 1.65 bits per heavy atom. The van der Waals surface area contributed by atoms with Gasteiger partial charge in [-0.25, -0.2) is 4.99 Å². The van der Waals surface area contributed by atoms with Crippen LogP contribution >= 0.6 is 0 Å². The lowest BCUT2D eigenvalue weighted by molar-refractivity contribution is -0.0270. The summed E-state index contributed by atoms with van der Waals surface area (Å²) in [6.07, 6.45) is 4.04. The van der Waals surface area contributed by atoms with Crippen molar-refractivity contribution in [3.05, 3.63) is 12.3 Å². The molecule has 0 aromatic rings. The Hall–Kier alpha value is -1.44. The van der Waals surface area contributed by atoms with E-state index in [1.54, 1.807) is 12.3 Å². The van der Waals surface area contributed by atoms with Crippen LogP contribution in [0.5, 0.6) is 0 Å². The Bertz CT molecular complexity index is 410. The van der Waals surface area contributed by atoms with Crippen molar-refractivity contribution in [3.8, 4) is 0 Å². The first kappa shape index (κ1) is 15.0. The average molecular weight is 282 g/mol. The molecule has 20 heavy (non-hydrogen) atoms. The molecule has 3 atom stereocenters. The molecule has 4 N–H and O–H groups in total. The van der Waals surface area contributed by atoms with Gasteiger partial charge in [-0.2, -0.15) is 0 Å². The highest BCUT2D eigenvalue weighted by Gasteiger charge is 2.32. The van der Waals surface area contributed by atoms with E-state index < -0.39 is 12.2 Å². The summed E-state index contributed by atoms with van der Waals surface area (Å²) in [5.74, 6) is 1.12. The van der Waals surface area contributed by atoms with E-state index >= 15 is 0 Å². The highest BCUT2D eigenvalue weighted by molar-refractivity contribution is 6.01. The number of nitrogens with one attached hydrogen (secondary N) is 2. The number of rotatable bonds is 4. The van der Waals surface area contributed by atoms with Crippen LogP contribution in [0.15, 0.2) is 17.3 Å². The molecule has 112 valence electrons. The van der Waals surface area contributed by atoms with Crippen molar-refractivity contribution in [1.82, 2.24) is 10.2 Å². The first-order valence-electron chi connectivity index (χ1n) is 6.84. The highest BCUT2D eigenvalue weighted by Crippen LogP contribution is 2.18. The van der Waals surface area contributed by atoms with Gasteiger partial charge in [-0.15, -0.1) is 0 Å². The summed E-state index contributed by atoms with van der Waals surface area (Å²) in [6, 6.07) is 0. The third-order valence-electron chi connectivity index (χ3n) is 3.51. The molecule has 0 aromatic heterocycles. The maximum atomic E-state index is 9.57. The van der Waals surface area contributed by atoms with Crippen LogP contribution in [-0.2, 0) is 4.74 Å². The van der Waals surface area contributed by atoms with Gasteiger partial charge in [-0.1, -0.05) is 0 Å². The van der Waals surface area contributed by atoms with E-state index in [0.29, 0.717) is 6.42 Å². The number of likely N-dealkylation sites (tertiary alicyclic amines) is 1. The lowest BCUT2D eigenvalue weighted by Crippen LogP contribution is -2.26. The number of aliphatic hydroxyl groups is 2. The van der Waals surface area contributed by atoms with Crippen molar-refractivity contribution in [2.24, 2.45) is 4.99 Å². The largest absolute Gasteiger partial charge is 0.394 e. The van der Waals surface area contributed by atoms with Crippen LogP contribution in [0, 0.1) is 5.41 Å². The molecule has 2 saturated heterocycles. The molecule has 0 aromatic carbocycles. The van der Waals surface area contributed by atoms with E-state index in [1.807, 2.05) is 7.05 Å². The summed E-state index contributed by atoms with van der Waals surface area (Å²) < 4.78 is 5.38. The molecule has 0 aliphatic carbocycles. The summed E-state index contributed by atoms with van der Waals surface area (Å²) >= 11 is 0. The maximum absolute atomic E-state index is 9.57. The molecule has 0 radical (unpaired) electrons. The normalized spacial score (nSPS) is 32.5. The fourth-order valence-electron chi connectivity index (χ4n) is 2.35. The fraction of sp³-hybridized carbons (Fsp3) is 0.692. The van der Waals surface area contributed by atoms with Crippen molar-refractivity contribution in [1.29, 1.82) is 5.41 Å². The maximum Gasteiger partial charge on any atom is 0.147 e. The Morgan fingerprint density at radius 3 is 3.05 bits per heavy atom. The second kappa shape index (κ2) is 6.83. The van der Waals surface area contributed by atoms with Crippen LogP contribution in [0.25, 0.3) is 0 Å². The molecule has 0 spiro atoms. The van der Waals surface area contributed by atoms with Crippen molar-refractivity contribution >= 4 is 11.7 Å². The average Bonchev–Trinajstić information content (AvgIpc) is 2.96. The number of amidine groups is 2. The second-order valence-corrected chi connectivity index (χ2v) is 5.09. The van der Waals surface area contributed by atoms with Gasteiger partial charge in [0.2, 0.25) is 0 Å². The van der Waals surface area contributed by atoms with Gasteiger partial charge < -0.3 is 25.2 Å². The number of ether oxygens (including phenoxy) is 1. The predicted octanol–water partition coefficient (Wildman–Crippen LogP) is -0.341. The Labute approximate surface area is 118 Å². The predicted molar refractivity (Wildman–Crippen MR) is 75.7 cm³/mol. The topological polar surface area (TPSA) is 101 Å². The van der Waals surface area contributed by atoms with Crippen molar-refractivity contribution in [2.75, 3.05) is 20.2 Å². The standard InChI is InChI=1S/C13H22N4O3/c1-17-6-2-3-12(17)16-11(14)4-5-15-13-7-9(19)10(8-18)20-13/h4-5,9-10,13-15,18-19H,2-3,6-8H2,1H3/b5-4-,14-11?,16-12-/t9?,10-,13-/m1/s1. The molecule has 7 heteroatoms. The molecule has 1 unspecified atom stereocenters. The number of aliphatic hydroxyl groups excluding tert-OH is 2. The van der Waals surface area contributed by atoms with Crippen molar-refractivity contribution in [2.45, 2.75) is 37.7 Å². The molecular formula is C13H22N4O3. The van der Waals surface area contributed by atoms with Crippen LogP contribution in [-0.4, -0.2) is 65.4 Å². The van der Waals surface area contributed by atoms with E-state index in [2.05, 4.69) is 15.2 Å². The number of hydrogen-bond donors (Lipinski definition) is 4. The van der Waals surface area contributed by atoms with Gasteiger partial charge in [-0.3, -0.25) is 5.41 Å². The zero-order valence-corrected chi connectivity index (χ0v) is 11.6. The molecule has 2 rings (SSSR count). The summed E-state index contributed by atoms with van der Waals surface area (Å²) in [7, 11) is 1.98. The summed E-state index contributed by atoms with van der Waals surface area (Å²) in [4.78, 5) is 6.29. The first-order valence-corrected chi connectivity index (χ1v) is 6.84. The van der Waals surface area contributed by atoms with Gasteiger partial charge in [0.05, 0.1) is 12.7 Å². The van der Waals surface area contributed by atoms with E-state index in [1.165, 1.54) is 0 Å². The van der Waals surface area contributed by atoms with Gasteiger partial charge in [0.1, 0.15) is 24.0 Å². The summed E-state index contributed by atoms with van der Waals surface area (Å²) in [6.45, 7) is 0.795. The Morgan fingerprint density at radius 2 is 2.45 bits per heavy atom. The third kappa shape index (κ3) is 3.78. The Kier molecular flexibility index (Phi) is 5.11. The lowest BCUT2D eigenvalue weighted by Gasteiger charge is -2.12. The SMILES string of the molecule is CN1CCC/C1=N/C(=N)/C=C\N[C@H]1CC(O)[C@@H](CO)O1. The van der Waals surface area contributed by atoms with Crippen LogP contribution in [0.4, 0.5) is 0 Å². The van der Waals surface area contributed by atoms with Crippen LogP contribution in [0.3, 0.4) is 0 Å². The van der Waals surface area contributed by atoms with E-state index in [4.69, 9.17) is 15.3 Å². The van der Waals surface area contributed by atoms with Crippen LogP contribution < -0.4 is 5.32 Å². The van der Waals surface area contributed by atoms with E-state index in [0.717, 1.165) is 25.2 Å². The van der Waals surface area contributed by atoms with Crippen molar-refractivity contribution < 1.29 is 14.9 Å². The van der Waals surface area contributed by atoms with E-state index in [9.17, 15) is 5.11 Å². The summed E-state index contributed by atoms with van der Waals surface area (Å²) in [5.41, 5.74) is 0.